The Morgan fingerprint density at radius 2 is 2.30 bits per heavy atom. The minimum Gasteiger partial charge on any atom is -0.302 e. The first-order chi connectivity index (χ1) is 11.0. The maximum absolute atomic E-state index is 13.0. The molecular weight excluding hydrogens is 392 g/mol. The molecule has 2 atom stereocenters. The molecule has 0 saturated carbocycles. The molecule has 23 heavy (non-hydrogen) atoms. The zero-order chi connectivity index (χ0) is 16.9. The summed E-state index contributed by atoms with van der Waals surface area (Å²) in [4.78, 5) is 15.1. The molecule has 0 amide bonds. The van der Waals surface area contributed by atoms with Gasteiger partial charge in [0.05, 0.1) is 6.04 Å². The molecule has 2 rings (SSSR count). The Labute approximate surface area is 146 Å². The molecular formula is C15H15BrClF2N3O. The van der Waals surface area contributed by atoms with Crippen LogP contribution in [0.3, 0.4) is 0 Å². The minimum absolute atomic E-state index is 0.0515. The molecule has 4 nitrogen and oxygen atoms in total. The fourth-order valence-electron chi connectivity index (χ4n) is 2.18. The van der Waals surface area contributed by atoms with Crippen molar-refractivity contribution < 1.29 is 13.6 Å². The molecule has 2 unspecified atom stereocenters. The molecule has 0 bridgehead atoms. The molecule has 0 spiro atoms. The van der Waals surface area contributed by atoms with Gasteiger partial charge in [0.2, 0.25) is 0 Å². The average molecular weight is 407 g/mol. The van der Waals surface area contributed by atoms with Crippen LogP contribution in [0.5, 0.6) is 0 Å². The summed E-state index contributed by atoms with van der Waals surface area (Å²) in [5.74, 6) is -0.430. The third kappa shape index (κ3) is 4.14. The zero-order valence-electron chi connectivity index (χ0n) is 12.1. The first-order valence-electron chi connectivity index (χ1n) is 6.91. The van der Waals surface area contributed by atoms with Crippen LogP contribution in [-0.2, 0) is 4.79 Å². The highest BCUT2D eigenvalue weighted by Crippen LogP contribution is 2.32. The highest BCUT2D eigenvalue weighted by Gasteiger charge is 2.38. The summed E-state index contributed by atoms with van der Waals surface area (Å²) in [6, 6.07) is 1.88. The van der Waals surface area contributed by atoms with Crippen molar-refractivity contribution in [2.24, 2.45) is 10.5 Å². The van der Waals surface area contributed by atoms with E-state index in [1.165, 1.54) is 6.08 Å². The highest BCUT2D eigenvalue weighted by molar-refractivity contribution is 9.10. The number of hydrogen-bond acceptors (Lipinski definition) is 4. The van der Waals surface area contributed by atoms with E-state index in [1.807, 2.05) is 6.07 Å². The van der Waals surface area contributed by atoms with Crippen LogP contribution in [0.15, 0.2) is 40.3 Å². The van der Waals surface area contributed by atoms with Crippen molar-refractivity contribution in [2.45, 2.75) is 25.3 Å². The number of aldehydes is 1. The number of pyridine rings is 1. The van der Waals surface area contributed by atoms with Crippen LogP contribution in [0.1, 0.15) is 24.4 Å². The topological polar surface area (TPSA) is 45.6 Å². The van der Waals surface area contributed by atoms with Gasteiger partial charge in [-0.2, -0.15) is 5.10 Å². The van der Waals surface area contributed by atoms with Crippen molar-refractivity contribution >= 4 is 40.0 Å². The third-order valence-corrected chi connectivity index (χ3v) is 4.58. The summed E-state index contributed by atoms with van der Waals surface area (Å²) in [7, 11) is 0. The monoisotopic (exact) mass is 405 g/mol. The largest absolute Gasteiger partial charge is 0.302 e. The van der Waals surface area contributed by atoms with Crippen LogP contribution in [0.4, 0.5) is 8.78 Å². The van der Waals surface area contributed by atoms with Crippen LogP contribution in [-0.4, -0.2) is 34.8 Å². The van der Waals surface area contributed by atoms with Crippen molar-refractivity contribution in [1.29, 1.82) is 0 Å². The second-order valence-corrected chi connectivity index (χ2v) is 6.42. The van der Waals surface area contributed by atoms with E-state index in [2.05, 4.69) is 26.0 Å². The van der Waals surface area contributed by atoms with Gasteiger partial charge in [0, 0.05) is 41.6 Å². The summed E-state index contributed by atoms with van der Waals surface area (Å²) in [5, 5.41) is 5.87. The van der Waals surface area contributed by atoms with E-state index in [4.69, 9.17) is 11.6 Å². The van der Waals surface area contributed by atoms with Gasteiger partial charge < -0.3 is 4.79 Å². The minimum atomic E-state index is -2.81. The summed E-state index contributed by atoms with van der Waals surface area (Å²) >= 11 is 8.92. The van der Waals surface area contributed by atoms with Gasteiger partial charge in [-0.1, -0.05) is 6.08 Å². The first-order valence-corrected chi connectivity index (χ1v) is 8.23. The van der Waals surface area contributed by atoms with Gasteiger partial charge in [0.15, 0.2) is 0 Å². The van der Waals surface area contributed by atoms with E-state index < -0.39 is 17.7 Å². The highest BCUT2D eigenvalue weighted by atomic mass is 79.9. The van der Waals surface area contributed by atoms with Gasteiger partial charge in [0.25, 0.3) is 6.43 Å². The number of halogens is 4. The van der Waals surface area contributed by atoms with Gasteiger partial charge >= 0.3 is 0 Å². The first kappa shape index (κ1) is 18.0. The lowest BCUT2D eigenvalue weighted by atomic mass is 9.89. The van der Waals surface area contributed by atoms with E-state index in [1.54, 1.807) is 29.8 Å². The molecule has 0 radical (unpaired) electrons. The number of allylic oxidation sites excluding steroid dienone is 1. The predicted molar refractivity (Wildman–Crippen MR) is 88.6 cm³/mol. The van der Waals surface area contributed by atoms with E-state index >= 15 is 0 Å². The molecule has 8 heteroatoms. The normalized spacial score (nSPS) is 20.4. The Morgan fingerprint density at radius 3 is 2.91 bits per heavy atom. The number of nitrogens with zero attached hydrogens (tertiary/aromatic N) is 3. The van der Waals surface area contributed by atoms with E-state index in [0.29, 0.717) is 6.42 Å². The van der Waals surface area contributed by atoms with Crippen molar-refractivity contribution in [1.82, 2.24) is 9.99 Å². The number of alkyl halides is 3. The smallest absolute Gasteiger partial charge is 0.252 e. The Bertz CT molecular complexity index is 614. The number of carbonyl (C=O) groups is 1. The molecule has 2 heterocycles. The lowest BCUT2D eigenvalue weighted by Gasteiger charge is -2.24. The summed E-state index contributed by atoms with van der Waals surface area (Å²) in [5.41, 5.74) is -0.900. The van der Waals surface area contributed by atoms with Crippen molar-refractivity contribution in [3.05, 3.63) is 40.8 Å². The molecule has 0 fully saturated rings. The molecule has 1 aromatic heterocycles. The van der Waals surface area contributed by atoms with Gasteiger partial charge in [-0.05, 0) is 34.0 Å². The Morgan fingerprint density at radius 1 is 1.52 bits per heavy atom. The SMILES string of the molecule is O=CC(CCl)(CC=CN1N=CCC1c1cncc(Br)c1)C(F)F. The Balaban J connectivity index is 2.09. The molecule has 0 saturated heterocycles. The third-order valence-electron chi connectivity index (χ3n) is 3.65. The second kappa shape index (κ2) is 7.97. The van der Waals surface area contributed by atoms with Crippen LogP contribution < -0.4 is 0 Å². The molecule has 124 valence electrons. The van der Waals surface area contributed by atoms with Crippen molar-refractivity contribution in [2.75, 3.05) is 5.88 Å². The van der Waals surface area contributed by atoms with Crippen LogP contribution >= 0.6 is 27.5 Å². The van der Waals surface area contributed by atoms with Gasteiger partial charge in [0.1, 0.15) is 11.7 Å². The van der Waals surface area contributed by atoms with E-state index in [-0.39, 0.29) is 18.7 Å². The molecule has 1 aliphatic rings. The van der Waals surface area contributed by atoms with E-state index in [9.17, 15) is 13.6 Å². The quantitative estimate of drug-likeness (QED) is 0.504. The Hall–Kier alpha value is -1.34. The predicted octanol–water partition coefficient (Wildman–Crippen LogP) is 4.17. The van der Waals surface area contributed by atoms with Crippen LogP contribution in [0.2, 0.25) is 0 Å². The lowest BCUT2D eigenvalue weighted by Crippen LogP contribution is -2.32. The molecule has 1 aromatic rings. The van der Waals surface area contributed by atoms with Gasteiger partial charge in [-0.15, -0.1) is 11.6 Å². The number of hydrazone groups is 1. The molecule has 1 aliphatic heterocycles. The van der Waals surface area contributed by atoms with Crippen LogP contribution in [0.25, 0.3) is 0 Å². The molecule has 0 aromatic carbocycles. The fourth-order valence-corrected chi connectivity index (χ4v) is 2.86. The number of hydrogen-bond donors (Lipinski definition) is 0. The Kier molecular flexibility index (Phi) is 6.24. The second-order valence-electron chi connectivity index (χ2n) is 5.24. The van der Waals surface area contributed by atoms with Gasteiger partial charge in [-0.3, -0.25) is 9.99 Å². The van der Waals surface area contributed by atoms with Crippen LogP contribution in [0, 0.1) is 5.41 Å². The number of carbonyl (C=O) groups excluding carboxylic acids is 1. The molecule has 0 aliphatic carbocycles. The maximum Gasteiger partial charge on any atom is 0.252 e. The molecule has 0 N–H and O–H groups in total. The van der Waals surface area contributed by atoms with Crippen molar-refractivity contribution in [3.8, 4) is 0 Å². The van der Waals surface area contributed by atoms with E-state index in [0.717, 1.165) is 10.0 Å². The summed E-state index contributed by atoms with van der Waals surface area (Å²) in [6.07, 6.45) is 6.23. The zero-order valence-corrected chi connectivity index (χ0v) is 14.4. The lowest BCUT2D eigenvalue weighted by molar-refractivity contribution is -0.122. The van der Waals surface area contributed by atoms with Crippen molar-refractivity contribution in [3.63, 3.8) is 0 Å². The summed E-state index contributed by atoms with van der Waals surface area (Å²) in [6.45, 7) is 0. The summed E-state index contributed by atoms with van der Waals surface area (Å²) < 4.78 is 26.9. The number of aromatic nitrogens is 1. The maximum atomic E-state index is 13.0. The average Bonchev–Trinajstić information content (AvgIpc) is 3.00. The fraction of sp³-hybridized carbons (Fsp3) is 0.400. The van der Waals surface area contributed by atoms with Gasteiger partial charge in [-0.25, -0.2) is 8.78 Å². The standard InChI is InChI=1S/C15H15BrClF2N3O/c16-12-6-11(7-20-8-12)13-2-4-21-22(13)5-1-3-15(9-17,10-23)14(18)19/h1,4-8,10,13-14H,2-3,9H2. The number of rotatable bonds is 7.